The van der Waals surface area contributed by atoms with Crippen molar-refractivity contribution in [1.82, 2.24) is 10.2 Å². The zero-order chi connectivity index (χ0) is 19.7. The minimum atomic E-state index is -0.465. The van der Waals surface area contributed by atoms with Crippen LogP contribution >= 0.6 is 11.6 Å². The number of rotatable bonds is 2. The maximum absolute atomic E-state index is 12.7. The third kappa shape index (κ3) is 3.85. The predicted octanol–water partition coefficient (Wildman–Crippen LogP) is 3.37. The fourth-order valence-electron chi connectivity index (χ4n) is 3.85. The summed E-state index contributed by atoms with van der Waals surface area (Å²) < 4.78 is 6.33. The first kappa shape index (κ1) is 18.8. The van der Waals surface area contributed by atoms with Gasteiger partial charge in [0, 0.05) is 31.0 Å². The van der Waals surface area contributed by atoms with E-state index >= 15 is 0 Å². The van der Waals surface area contributed by atoms with Gasteiger partial charge in [0.2, 0.25) is 5.91 Å². The Morgan fingerprint density at radius 3 is 2.61 bits per heavy atom. The molecular formula is C22H23ClN2O3. The van der Waals surface area contributed by atoms with Crippen molar-refractivity contribution in [1.29, 1.82) is 0 Å². The van der Waals surface area contributed by atoms with Crippen LogP contribution in [-0.4, -0.2) is 41.9 Å². The largest absolute Gasteiger partial charge is 0.484 e. The minimum Gasteiger partial charge on any atom is -0.484 e. The summed E-state index contributed by atoms with van der Waals surface area (Å²) >= 11 is 5.91. The molecule has 0 atom stereocenters. The van der Waals surface area contributed by atoms with Crippen molar-refractivity contribution in [3.63, 3.8) is 0 Å². The monoisotopic (exact) mass is 398 g/mol. The summed E-state index contributed by atoms with van der Waals surface area (Å²) in [6.07, 6.45) is 1.74. The van der Waals surface area contributed by atoms with Gasteiger partial charge in [-0.3, -0.25) is 9.59 Å². The van der Waals surface area contributed by atoms with Crippen LogP contribution < -0.4 is 10.1 Å². The average molecular weight is 399 g/mol. The molecule has 1 saturated heterocycles. The van der Waals surface area contributed by atoms with Crippen molar-refractivity contribution < 1.29 is 14.3 Å². The lowest BCUT2D eigenvalue weighted by atomic mass is 9.90. The Morgan fingerprint density at radius 2 is 1.89 bits per heavy atom. The fourth-order valence-corrected chi connectivity index (χ4v) is 3.97. The zero-order valence-corrected chi connectivity index (χ0v) is 16.6. The zero-order valence-electron chi connectivity index (χ0n) is 15.8. The number of halogens is 1. The predicted molar refractivity (Wildman–Crippen MR) is 108 cm³/mol. The number of hydrogen-bond acceptors (Lipinski definition) is 3. The summed E-state index contributed by atoms with van der Waals surface area (Å²) in [6, 6.07) is 13.1. The summed E-state index contributed by atoms with van der Waals surface area (Å²) in [6.45, 7) is 3.64. The molecule has 2 aromatic carbocycles. The third-order valence-corrected chi connectivity index (χ3v) is 5.83. The number of benzene rings is 2. The van der Waals surface area contributed by atoms with Gasteiger partial charge in [0.05, 0.1) is 18.5 Å². The molecule has 0 bridgehead atoms. The molecule has 28 heavy (non-hydrogen) atoms. The molecule has 2 amide bonds. The van der Waals surface area contributed by atoms with Gasteiger partial charge in [0.1, 0.15) is 11.4 Å². The molecule has 2 aromatic rings. The van der Waals surface area contributed by atoms with Gasteiger partial charge in [-0.2, -0.15) is 0 Å². The van der Waals surface area contributed by atoms with E-state index in [2.05, 4.69) is 5.32 Å². The Balaban J connectivity index is 1.43. The Bertz CT molecular complexity index is 902. The number of likely N-dealkylation sites (tertiary alicyclic amines) is 1. The molecule has 0 radical (unpaired) electrons. The molecule has 6 heteroatoms. The van der Waals surface area contributed by atoms with Crippen LogP contribution in [0, 0.1) is 6.92 Å². The van der Waals surface area contributed by atoms with Crippen LogP contribution in [0.2, 0.25) is 5.02 Å². The van der Waals surface area contributed by atoms with Crippen molar-refractivity contribution in [2.45, 2.75) is 31.8 Å². The molecule has 5 nitrogen and oxygen atoms in total. The number of aryl methyl sites for hydroxylation is 1. The summed E-state index contributed by atoms with van der Waals surface area (Å²) in [5.74, 6) is 0.629. The van der Waals surface area contributed by atoms with E-state index in [0.717, 1.165) is 11.1 Å². The quantitative estimate of drug-likeness (QED) is 0.843. The topological polar surface area (TPSA) is 58.6 Å². The van der Waals surface area contributed by atoms with Crippen LogP contribution in [-0.2, 0) is 11.2 Å². The smallest absolute Gasteiger partial charge is 0.255 e. The lowest BCUT2D eigenvalue weighted by Crippen LogP contribution is -2.54. The van der Waals surface area contributed by atoms with Crippen molar-refractivity contribution in [2.24, 2.45) is 0 Å². The Labute approximate surface area is 169 Å². The molecule has 2 aliphatic heterocycles. The van der Waals surface area contributed by atoms with E-state index in [4.69, 9.17) is 16.3 Å². The number of nitrogens with one attached hydrogen (secondary N) is 1. The lowest BCUT2D eigenvalue weighted by Gasteiger charge is -2.41. The minimum absolute atomic E-state index is 0.100. The number of carbonyl (C=O) groups is 2. The number of ether oxygens (including phenoxy) is 1. The molecule has 1 fully saturated rings. The summed E-state index contributed by atoms with van der Waals surface area (Å²) in [7, 11) is 0. The van der Waals surface area contributed by atoms with E-state index in [-0.39, 0.29) is 11.8 Å². The molecule has 2 aliphatic rings. The highest BCUT2D eigenvalue weighted by molar-refractivity contribution is 6.30. The van der Waals surface area contributed by atoms with Crippen LogP contribution in [0.25, 0.3) is 0 Å². The van der Waals surface area contributed by atoms with Gasteiger partial charge in [-0.15, -0.1) is 0 Å². The van der Waals surface area contributed by atoms with Gasteiger partial charge in [-0.05, 0) is 36.8 Å². The van der Waals surface area contributed by atoms with Gasteiger partial charge in [0.15, 0.2) is 0 Å². The number of fused-ring (bicyclic) bond motifs is 1. The SMILES string of the molecule is Cc1ccc2c(c1)C(=O)NCC1(CCN(C(=O)Cc3ccc(Cl)cc3)CC1)O2. The molecule has 4 rings (SSSR count). The van der Waals surface area contributed by atoms with Crippen LogP contribution in [0.4, 0.5) is 0 Å². The molecule has 2 heterocycles. The standard InChI is InChI=1S/C22H23ClN2O3/c1-15-2-7-19-18(12-15)21(27)24-14-22(28-19)8-10-25(11-9-22)20(26)13-16-3-5-17(23)6-4-16/h2-7,12H,8-11,13-14H2,1H3,(H,24,27). The first-order valence-electron chi connectivity index (χ1n) is 9.54. The molecule has 146 valence electrons. The maximum Gasteiger partial charge on any atom is 0.255 e. The molecule has 0 unspecified atom stereocenters. The second kappa shape index (κ2) is 7.47. The van der Waals surface area contributed by atoms with Gasteiger partial charge < -0.3 is 15.0 Å². The fraction of sp³-hybridized carbons (Fsp3) is 0.364. The molecular weight excluding hydrogens is 376 g/mol. The average Bonchev–Trinajstić information content (AvgIpc) is 2.82. The van der Waals surface area contributed by atoms with Crippen molar-refractivity contribution in [2.75, 3.05) is 19.6 Å². The second-order valence-corrected chi connectivity index (χ2v) is 8.09. The highest BCUT2D eigenvalue weighted by atomic mass is 35.5. The first-order chi connectivity index (χ1) is 13.4. The molecule has 0 aromatic heterocycles. The first-order valence-corrected chi connectivity index (χ1v) is 9.92. The van der Waals surface area contributed by atoms with E-state index in [9.17, 15) is 9.59 Å². The van der Waals surface area contributed by atoms with Gasteiger partial charge in [-0.25, -0.2) is 0 Å². The van der Waals surface area contributed by atoms with Crippen molar-refractivity contribution in [3.05, 3.63) is 64.2 Å². The second-order valence-electron chi connectivity index (χ2n) is 7.65. The number of nitrogens with zero attached hydrogens (tertiary/aromatic N) is 1. The number of amides is 2. The number of piperidine rings is 1. The molecule has 0 saturated carbocycles. The van der Waals surface area contributed by atoms with E-state index in [1.807, 2.05) is 42.2 Å². The van der Waals surface area contributed by atoms with Crippen LogP contribution in [0.1, 0.15) is 34.3 Å². The van der Waals surface area contributed by atoms with E-state index < -0.39 is 5.60 Å². The molecule has 0 aliphatic carbocycles. The number of carbonyl (C=O) groups excluding carboxylic acids is 2. The Morgan fingerprint density at radius 1 is 1.18 bits per heavy atom. The Hall–Kier alpha value is -2.53. The summed E-state index contributed by atoms with van der Waals surface area (Å²) in [5, 5.41) is 3.66. The normalized spacial score (nSPS) is 18.1. The van der Waals surface area contributed by atoms with Crippen molar-refractivity contribution >= 4 is 23.4 Å². The highest BCUT2D eigenvalue weighted by Gasteiger charge is 2.40. The maximum atomic E-state index is 12.7. The van der Waals surface area contributed by atoms with Crippen LogP contribution in [0.15, 0.2) is 42.5 Å². The van der Waals surface area contributed by atoms with Gasteiger partial charge in [-0.1, -0.05) is 35.4 Å². The highest BCUT2D eigenvalue weighted by Crippen LogP contribution is 2.33. The van der Waals surface area contributed by atoms with Crippen LogP contribution in [0.3, 0.4) is 0 Å². The number of hydrogen-bond donors (Lipinski definition) is 1. The Kier molecular flexibility index (Phi) is 5.02. The molecule has 1 spiro atoms. The lowest BCUT2D eigenvalue weighted by molar-refractivity contribution is -0.133. The molecule has 1 N–H and O–H groups in total. The van der Waals surface area contributed by atoms with Gasteiger partial charge >= 0.3 is 0 Å². The summed E-state index contributed by atoms with van der Waals surface area (Å²) in [5.41, 5.74) is 2.10. The van der Waals surface area contributed by atoms with E-state index in [0.29, 0.717) is 55.2 Å². The van der Waals surface area contributed by atoms with Crippen molar-refractivity contribution in [3.8, 4) is 5.75 Å². The van der Waals surface area contributed by atoms with Gasteiger partial charge in [0.25, 0.3) is 5.91 Å². The van der Waals surface area contributed by atoms with E-state index in [1.54, 1.807) is 12.1 Å². The van der Waals surface area contributed by atoms with E-state index in [1.165, 1.54) is 0 Å². The summed E-state index contributed by atoms with van der Waals surface area (Å²) in [4.78, 5) is 27.0. The third-order valence-electron chi connectivity index (χ3n) is 5.57. The van der Waals surface area contributed by atoms with Crippen LogP contribution in [0.5, 0.6) is 5.75 Å².